The third kappa shape index (κ3) is 5.24. The van der Waals surface area contributed by atoms with Crippen molar-refractivity contribution in [2.24, 2.45) is 5.92 Å². The van der Waals surface area contributed by atoms with E-state index in [2.05, 4.69) is 20.3 Å². The van der Waals surface area contributed by atoms with Crippen molar-refractivity contribution in [1.82, 2.24) is 15.0 Å². The molecule has 10 heteroatoms. The zero-order valence-corrected chi connectivity index (χ0v) is 15.9. The molecule has 3 rings (SSSR count). The Labute approximate surface area is 165 Å². The zero-order valence-electron chi connectivity index (χ0n) is 15.9. The molecular weight excluding hydrogens is 390 g/mol. The molecular formula is C19H23F4N5O. The van der Waals surface area contributed by atoms with Gasteiger partial charge in [0.1, 0.15) is 12.4 Å². The van der Waals surface area contributed by atoms with Gasteiger partial charge >= 0.3 is 12.3 Å². The quantitative estimate of drug-likeness (QED) is 0.632. The predicted octanol–water partition coefficient (Wildman–Crippen LogP) is 4.17. The lowest BCUT2D eigenvalue weighted by Crippen LogP contribution is -2.35. The molecule has 1 fully saturated rings. The van der Waals surface area contributed by atoms with Crippen molar-refractivity contribution in [3.63, 3.8) is 0 Å². The number of halogens is 4. The topological polar surface area (TPSA) is 86.0 Å². The summed E-state index contributed by atoms with van der Waals surface area (Å²) in [5.41, 5.74) is 6.49. The predicted molar refractivity (Wildman–Crippen MR) is 100 cm³/mol. The minimum absolute atomic E-state index is 0.205. The van der Waals surface area contributed by atoms with E-state index in [0.717, 1.165) is 31.2 Å². The third-order valence-corrected chi connectivity index (χ3v) is 4.93. The second-order valence-corrected chi connectivity index (χ2v) is 7.19. The number of nitrogens with two attached hydrogens (primary N) is 1. The Hall–Kier alpha value is -2.65. The van der Waals surface area contributed by atoms with Crippen LogP contribution in [0.5, 0.6) is 5.75 Å². The van der Waals surface area contributed by atoms with Crippen molar-refractivity contribution >= 4 is 11.9 Å². The summed E-state index contributed by atoms with van der Waals surface area (Å²) in [6.45, 7) is 2.18. The molecule has 1 heterocycles. The molecule has 2 aromatic rings. The Kier molecular flexibility index (Phi) is 6.39. The number of nitrogens with zero attached hydrogens (tertiary/aromatic N) is 3. The number of benzene rings is 1. The van der Waals surface area contributed by atoms with Crippen LogP contribution in [0.1, 0.15) is 37.1 Å². The summed E-state index contributed by atoms with van der Waals surface area (Å²) in [6.07, 6.45) is -0.0134. The van der Waals surface area contributed by atoms with E-state index in [1.807, 2.05) is 31.2 Å². The van der Waals surface area contributed by atoms with E-state index >= 15 is 0 Å². The summed E-state index contributed by atoms with van der Waals surface area (Å²) < 4.78 is 58.6. The van der Waals surface area contributed by atoms with E-state index in [0.29, 0.717) is 5.75 Å². The van der Waals surface area contributed by atoms with Crippen molar-refractivity contribution < 1.29 is 22.3 Å². The molecule has 3 N–H and O–H groups in total. The van der Waals surface area contributed by atoms with Crippen LogP contribution in [0.4, 0.5) is 29.5 Å². The smallest absolute Gasteiger partial charge is 0.365 e. The molecule has 0 aliphatic heterocycles. The number of rotatable bonds is 8. The number of hydrogen-bond acceptors (Lipinski definition) is 6. The fraction of sp³-hybridized carbons (Fsp3) is 0.526. The Morgan fingerprint density at radius 2 is 1.93 bits per heavy atom. The Morgan fingerprint density at radius 1 is 1.21 bits per heavy atom. The molecule has 0 bridgehead atoms. The normalized spacial score (nSPS) is 16.2. The van der Waals surface area contributed by atoms with Crippen molar-refractivity contribution in [2.45, 2.75) is 51.0 Å². The van der Waals surface area contributed by atoms with Crippen LogP contribution in [-0.2, 0) is 5.92 Å². The highest BCUT2D eigenvalue weighted by atomic mass is 19.3. The number of alkyl halides is 4. The number of hydrogen-bond donors (Lipinski definition) is 2. The molecule has 0 amide bonds. The highest BCUT2D eigenvalue weighted by Crippen LogP contribution is 2.33. The summed E-state index contributed by atoms with van der Waals surface area (Å²) in [4.78, 5) is 10.5. The molecule has 1 atom stereocenters. The summed E-state index contributed by atoms with van der Waals surface area (Å²) in [5, 5.41) is 2.95. The number of anilines is 2. The molecule has 1 aliphatic carbocycles. The van der Waals surface area contributed by atoms with Gasteiger partial charge in [0.2, 0.25) is 17.7 Å². The van der Waals surface area contributed by atoms with Crippen LogP contribution in [0.25, 0.3) is 0 Å². The van der Waals surface area contributed by atoms with Crippen LogP contribution >= 0.6 is 0 Å². The monoisotopic (exact) mass is 413 g/mol. The summed E-state index contributed by atoms with van der Waals surface area (Å²) in [7, 11) is 0. The van der Waals surface area contributed by atoms with Crippen molar-refractivity contribution in [2.75, 3.05) is 17.7 Å². The maximum Gasteiger partial charge on any atom is 0.365 e. The first-order chi connectivity index (χ1) is 13.8. The molecule has 6 nitrogen and oxygen atoms in total. The molecule has 158 valence electrons. The minimum Gasteiger partial charge on any atom is -0.491 e. The van der Waals surface area contributed by atoms with E-state index in [4.69, 9.17) is 10.5 Å². The van der Waals surface area contributed by atoms with Gasteiger partial charge in [0.05, 0.1) is 6.04 Å². The van der Waals surface area contributed by atoms with Gasteiger partial charge in [0.15, 0.2) is 0 Å². The van der Waals surface area contributed by atoms with Gasteiger partial charge in [-0.05, 0) is 43.4 Å². The maximum absolute atomic E-state index is 13.7. The second kappa shape index (κ2) is 8.79. The first-order valence-electron chi connectivity index (χ1n) is 9.39. The van der Waals surface area contributed by atoms with E-state index in [-0.39, 0.29) is 24.5 Å². The number of nitrogen functional groups attached to an aromatic ring is 1. The van der Waals surface area contributed by atoms with Gasteiger partial charge in [-0.3, -0.25) is 0 Å². The summed E-state index contributed by atoms with van der Waals surface area (Å²) in [5.74, 6) is -5.81. The van der Waals surface area contributed by atoms with Crippen molar-refractivity contribution in [3.8, 4) is 5.75 Å². The van der Waals surface area contributed by atoms with Gasteiger partial charge in [-0.15, -0.1) is 0 Å². The molecule has 1 aliphatic rings. The van der Waals surface area contributed by atoms with E-state index in [1.54, 1.807) is 0 Å². The average molecular weight is 413 g/mol. The minimum atomic E-state index is -4.52. The SMILES string of the molecule is Cc1cccc(OCC(Nc2nc(N)nc(C(F)(F)C(F)F)n2)C2CCCC2)c1. The Bertz CT molecular complexity index is 830. The molecule has 0 saturated heterocycles. The first-order valence-corrected chi connectivity index (χ1v) is 9.39. The number of aryl methyl sites for hydroxylation is 1. The van der Waals surface area contributed by atoms with Gasteiger partial charge < -0.3 is 15.8 Å². The fourth-order valence-electron chi connectivity index (χ4n) is 3.42. The fourth-order valence-corrected chi connectivity index (χ4v) is 3.42. The van der Waals surface area contributed by atoms with Crippen molar-refractivity contribution in [1.29, 1.82) is 0 Å². The number of ether oxygens (including phenoxy) is 1. The molecule has 0 radical (unpaired) electrons. The van der Waals surface area contributed by atoms with Gasteiger partial charge in [0.25, 0.3) is 0 Å². The lowest BCUT2D eigenvalue weighted by Gasteiger charge is -2.25. The van der Waals surface area contributed by atoms with Crippen LogP contribution in [0, 0.1) is 12.8 Å². The van der Waals surface area contributed by atoms with E-state index in [9.17, 15) is 17.6 Å². The van der Waals surface area contributed by atoms with Gasteiger partial charge in [-0.1, -0.05) is 25.0 Å². The Balaban J connectivity index is 1.79. The van der Waals surface area contributed by atoms with Crippen LogP contribution in [0.3, 0.4) is 0 Å². The van der Waals surface area contributed by atoms with E-state index < -0.39 is 24.1 Å². The van der Waals surface area contributed by atoms with Gasteiger partial charge in [-0.2, -0.15) is 23.7 Å². The second-order valence-electron chi connectivity index (χ2n) is 7.19. The number of nitrogens with one attached hydrogen (secondary N) is 1. The average Bonchev–Trinajstić information content (AvgIpc) is 3.19. The third-order valence-electron chi connectivity index (χ3n) is 4.93. The van der Waals surface area contributed by atoms with Crippen molar-refractivity contribution in [3.05, 3.63) is 35.7 Å². The van der Waals surface area contributed by atoms with Gasteiger partial charge in [-0.25, -0.2) is 8.78 Å². The lowest BCUT2D eigenvalue weighted by atomic mass is 9.99. The standard InChI is InChI=1S/C19H23F4N5O/c1-11-5-4-8-13(9-11)29-10-14(12-6-2-3-7-12)25-18-27-16(26-17(24)28-18)19(22,23)15(20)21/h4-5,8-9,12,14-15H,2-3,6-7,10H2,1H3,(H3,24,25,26,27,28). The first kappa shape index (κ1) is 21.1. The van der Waals surface area contributed by atoms with E-state index in [1.165, 1.54) is 0 Å². The lowest BCUT2D eigenvalue weighted by molar-refractivity contribution is -0.140. The van der Waals surface area contributed by atoms with Gasteiger partial charge in [0, 0.05) is 0 Å². The molecule has 1 aromatic heterocycles. The van der Waals surface area contributed by atoms with Crippen LogP contribution in [0.2, 0.25) is 0 Å². The molecule has 0 spiro atoms. The van der Waals surface area contributed by atoms with Crippen LogP contribution in [-0.4, -0.2) is 34.0 Å². The van der Waals surface area contributed by atoms with Crippen LogP contribution in [0.15, 0.2) is 24.3 Å². The maximum atomic E-state index is 13.7. The highest BCUT2D eigenvalue weighted by molar-refractivity contribution is 5.34. The molecule has 1 saturated carbocycles. The highest BCUT2D eigenvalue weighted by Gasteiger charge is 2.46. The summed E-state index contributed by atoms with van der Waals surface area (Å²) in [6, 6.07) is 7.22. The Morgan fingerprint density at radius 3 is 2.59 bits per heavy atom. The zero-order chi connectivity index (χ0) is 21.0. The largest absolute Gasteiger partial charge is 0.491 e. The molecule has 1 aromatic carbocycles. The summed E-state index contributed by atoms with van der Waals surface area (Å²) >= 11 is 0. The number of aromatic nitrogens is 3. The van der Waals surface area contributed by atoms with Crippen LogP contribution < -0.4 is 15.8 Å². The molecule has 1 unspecified atom stereocenters. The molecule has 29 heavy (non-hydrogen) atoms.